The van der Waals surface area contributed by atoms with Crippen molar-refractivity contribution in [1.29, 1.82) is 0 Å². The molecule has 0 N–H and O–H groups in total. The van der Waals surface area contributed by atoms with Gasteiger partial charge in [-0.15, -0.1) is 11.3 Å². The molecule has 17 heavy (non-hydrogen) atoms. The van der Waals surface area contributed by atoms with Crippen LogP contribution < -0.4 is 4.74 Å². The highest BCUT2D eigenvalue weighted by atomic mass is 79.9. The Balaban J connectivity index is 2.07. The second kappa shape index (κ2) is 5.47. The summed E-state index contributed by atoms with van der Waals surface area (Å²) in [7, 11) is 1.63. The summed E-state index contributed by atoms with van der Waals surface area (Å²) in [6.07, 6.45) is 0.428. The molecule has 1 aromatic heterocycles. The molecule has 2 aromatic rings. The topological polar surface area (TPSA) is 26.3 Å². The first kappa shape index (κ1) is 12.3. The highest BCUT2D eigenvalue weighted by Gasteiger charge is 2.09. The zero-order valence-corrected chi connectivity index (χ0v) is 11.7. The van der Waals surface area contributed by atoms with E-state index in [1.54, 1.807) is 7.11 Å². The minimum Gasteiger partial charge on any atom is -0.497 e. The maximum atomic E-state index is 11.9. The molecule has 0 fully saturated rings. The normalized spacial score (nSPS) is 10.2. The molecule has 0 aliphatic heterocycles. The zero-order chi connectivity index (χ0) is 12.3. The SMILES string of the molecule is COc1ccc(CC(=O)c2ccc(Br)s2)cc1. The molecule has 0 bridgehead atoms. The van der Waals surface area contributed by atoms with Gasteiger partial charge >= 0.3 is 0 Å². The Labute approximate surface area is 112 Å². The van der Waals surface area contributed by atoms with Gasteiger partial charge in [-0.2, -0.15) is 0 Å². The number of ether oxygens (including phenoxy) is 1. The van der Waals surface area contributed by atoms with Crippen LogP contribution in [0.1, 0.15) is 15.2 Å². The lowest BCUT2D eigenvalue weighted by Crippen LogP contribution is -2.00. The van der Waals surface area contributed by atoms with Crippen LogP contribution in [0.4, 0.5) is 0 Å². The minimum absolute atomic E-state index is 0.144. The van der Waals surface area contributed by atoms with Crippen LogP contribution in [0.3, 0.4) is 0 Å². The summed E-state index contributed by atoms with van der Waals surface area (Å²) in [5.74, 6) is 0.950. The quantitative estimate of drug-likeness (QED) is 0.799. The number of hydrogen-bond acceptors (Lipinski definition) is 3. The Morgan fingerprint density at radius 1 is 1.24 bits per heavy atom. The van der Waals surface area contributed by atoms with E-state index in [0.717, 1.165) is 20.0 Å². The molecule has 1 heterocycles. The van der Waals surface area contributed by atoms with Crippen LogP contribution in [-0.2, 0) is 6.42 Å². The van der Waals surface area contributed by atoms with Crippen molar-refractivity contribution in [2.75, 3.05) is 7.11 Å². The van der Waals surface area contributed by atoms with E-state index in [0.29, 0.717) is 6.42 Å². The number of carbonyl (C=O) groups excluding carboxylic acids is 1. The molecule has 0 radical (unpaired) electrons. The first-order valence-electron chi connectivity index (χ1n) is 5.10. The van der Waals surface area contributed by atoms with Gasteiger partial charge in [-0.05, 0) is 45.8 Å². The summed E-state index contributed by atoms with van der Waals surface area (Å²) < 4.78 is 6.06. The lowest BCUT2D eigenvalue weighted by molar-refractivity contribution is 0.0997. The molecule has 0 unspecified atom stereocenters. The number of methoxy groups -OCH3 is 1. The molecule has 1 aromatic carbocycles. The number of rotatable bonds is 4. The Kier molecular flexibility index (Phi) is 3.97. The summed E-state index contributed by atoms with van der Waals surface area (Å²) in [6, 6.07) is 11.3. The van der Waals surface area contributed by atoms with Crippen molar-refractivity contribution in [3.63, 3.8) is 0 Å². The Morgan fingerprint density at radius 3 is 2.47 bits per heavy atom. The van der Waals surface area contributed by atoms with Crippen LogP contribution in [0.5, 0.6) is 5.75 Å². The van der Waals surface area contributed by atoms with Gasteiger partial charge in [0.2, 0.25) is 0 Å². The molecule has 0 spiro atoms. The van der Waals surface area contributed by atoms with Gasteiger partial charge in [0, 0.05) is 6.42 Å². The average Bonchev–Trinajstić information content (AvgIpc) is 2.77. The van der Waals surface area contributed by atoms with Crippen molar-refractivity contribution in [2.45, 2.75) is 6.42 Å². The first-order valence-corrected chi connectivity index (χ1v) is 6.71. The monoisotopic (exact) mass is 310 g/mol. The van der Waals surface area contributed by atoms with E-state index < -0.39 is 0 Å². The van der Waals surface area contributed by atoms with E-state index in [1.165, 1.54) is 11.3 Å². The highest BCUT2D eigenvalue weighted by Crippen LogP contribution is 2.23. The van der Waals surface area contributed by atoms with E-state index >= 15 is 0 Å². The molecular weight excluding hydrogens is 300 g/mol. The number of Topliss-reactive ketones (excluding diaryl/α,β-unsaturated/α-hetero) is 1. The number of benzene rings is 1. The molecule has 0 aliphatic rings. The van der Waals surface area contributed by atoms with Crippen molar-refractivity contribution in [2.24, 2.45) is 0 Å². The van der Waals surface area contributed by atoms with E-state index in [1.807, 2.05) is 36.4 Å². The number of thiophene rings is 1. The third-order valence-corrected chi connectivity index (χ3v) is 4.04. The molecule has 0 aliphatic carbocycles. The third-order valence-electron chi connectivity index (χ3n) is 2.37. The molecule has 2 rings (SSSR count). The fourth-order valence-corrected chi connectivity index (χ4v) is 2.80. The zero-order valence-electron chi connectivity index (χ0n) is 9.27. The molecule has 88 valence electrons. The fraction of sp³-hybridized carbons (Fsp3) is 0.154. The van der Waals surface area contributed by atoms with Gasteiger partial charge in [-0.1, -0.05) is 12.1 Å². The number of ketones is 1. The van der Waals surface area contributed by atoms with Crippen LogP contribution in [-0.4, -0.2) is 12.9 Å². The van der Waals surface area contributed by atoms with Crippen molar-refractivity contribution >= 4 is 33.0 Å². The van der Waals surface area contributed by atoms with Crippen LogP contribution >= 0.6 is 27.3 Å². The molecule has 0 saturated carbocycles. The molecule has 2 nitrogen and oxygen atoms in total. The van der Waals surface area contributed by atoms with Crippen molar-refractivity contribution in [3.05, 3.63) is 50.6 Å². The largest absolute Gasteiger partial charge is 0.497 e. The summed E-state index contributed by atoms with van der Waals surface area (Å²) in [5.41, 5.74) is 1.00. The van der Waals surface area contributed by atoms with Crippen LogP contribution in [0.25, 0.3) is 0 Å². The summed E-state index contributed by atoms with van der Waals surface area (Å²) >= 11 is 4.82. The van der Waals surface area contributed by atoms with Gasteiger partial charge in [0.05, 0.1) is 15.8 Å². The van der Waals surface area contributed by atoms with E-state index in [-0.39, 0.29) is 5.78 Å². The van der Waals surface area contributed by atoms with Gasteiger partial charge in [-0.25, -0.2) is 0 Å². The molecule has 0 saturated heterocycles. The van der Waals surface area contributed by atoms with Gasteiger partial charge < -0.3 is 4.74 Å². The first-order chi connectivity index (χ1) is 8.19. The predicted octanol–water partition coefficient (Wildman–Crippen LogP) is 3.94. The van der Waals surface area contributed by atoms with Gasteiger partial charge in [-0.3, -0.25) is 4.79 Å². The number of hydrogen-bond donors (Lipinski definition) is 0. The van der Waals surface area contributed by atoms with Crippen LogP contribution in [0.15, 0.2) is 40.2 Å². The second-order valence-electron chi connectivity index (χ2n) is 3.55. The molecule has 4 heteroatoms. The van der Waals surface area contributed by atoms with Gasteiger partial charge in [0.15, 0.2) is 5.78 Å². The molecular formula is C13H11BrO2S. The third kappa shape index (κ3) is 3.17. The van der Waals surface area contributed by atoms with Crippen LogP contribution in [0, 0.1) is 0 Å². The summed E-state index contributed by atoms with van der Waals surface area (Å²) in [6.45, 7) is 0. The Morgan fingerprint density at radius 2 is 1.94 bits per heavy atom. The van der Waals surface area contributed by atoms with Crippen molar-refractivity contribution < 1.29 is 9.53 Å². The minimum atomic E-state index is 0.144. The van der Waals surface area contributed by atoms with E-state index in [4.69, 9.17) is 4.74 Å². The van der Waals surface area contributed by atoms with E-state index in [9.17, 15) is 4.79 Å². The standard InChI is InChI=1S/C13H11BrO2S/c1-16-10-4-2-9(3-5-10)8-11(15)12-6-7-13(14)17-12/h2-7H,8H2,1H3. The fourth-order valence-electron chi connectivity index (χ4n) is 1.48. The van der Waals surface area contributed by atoms with Crippen LogP contribution in [0.2, 0.25) is 0 Å². The van der Waals surface area contributed by atoms with E-state index in [2.05, 4.69) is 15.9 Å². The highest BCUT2D eigenvalue weighted by molar-refractivity contribution is 9.11. The summed E-state index contributed by atoms with van der Waals surface area (Å²) in [5, 5.41) is 0. The molecule has 0 atom stereocenters. The maximum absolute atomic E-state index is 11.9. The van der Waals surface area contributed by atoms with Gasteiger partial charge in [0.25, 0.3) is 0 Å². The lowest BCUT2D eigenvalue weighted by atomic mass is 10.1. The average molecular weight is 311 g/mol. The maximum Gasteiger partial charge on any atom is 0.177 e. The smallest absolute Gasteiger partial charge is 0.177 e. The predicted molar refractivity (Wildman–Crippen MR) is 73.0 cm³/mol. The second-order valence-corrected chi connectivity index (χ2v) is 6.01. The van der Waals surface area contributed by atoms with Crippen molar-refractivity contribution in [1.82, 2.24) is 0 Å². The molecule has 0 amide bonds. The number of halogens is 1. The lowest BCUT2D eigenvalue weighted by Gasteiger charge is -2.02. The number of carbonyl (C=O) groups is 1. The van der Waals surface area contributed by atoms with Gasteiger partial charge in [0.1, 0.15) is 5.75 Å². The van der Waals surface area contributed by atoms with Crippen molar-refractivity contribution in [3.8, 4) is 5.75 Å². The Hall–Kier alpha value is -1.13. The Bertz CT molecular complexity index is 516. The summed E-state index contributed by atoms with van der Waals surface area (Å²) in [4.78, 5) is 12.7.